The Kier molecular flexibility index (Phi) is 5.82. The Morgan fingerprint density at radius 2 is 1.61 bits per heavy atom. The van der Waals surface area contributed by atoms with Gasteiger partial charge in [0, 0.05) is 22.9 Å². The molecule has 0 bridgehead atoms. The van der Waals surface area contributed by atoms with Crippen molar-refractivity contribution in [1.29, 1.82) is 0 Å². The molecule has 2 N–H and O–H groups in total. The number of hydrogen-bond donors (Lipinski definition) is 2. The molecule has 0 spiro atoms. The topological polar surface area (TPSA) is 78.5 Å². The molecule has 0 unspecified atom stereocenters. The molecule has 33 heavy (non-hydrogen) atoms. The number of anilines is 1. The van der Waals surface area contributed by atoms with Gasteiger partial charge < -0.3 is 4.90 Å². The van der Waals surface area contributed by atoms with Gasteiger partial charge in [-0.05, 0) is 54.0 Å². The summed E-state index contributed by atoms with van der Waals surface area (Å²) in [6.45, 7) is 0.423. The first-order valence-electron chi connectivity index (χ1n) is 11.6. The smallest absolute Gasteiger partial charge is 0.269 e. The van der Waals surface area contributed by atoms with Gasteiger partial charge in [-0.25, -0.2) is 0 Å². The Hall–Kier alpha value is -3.67. The molecular formula is C27H27N3O3. The number of hydrogen-bond acceptors (Lipinski definition) is 3. The molecule has 3 aromatic carbocycles. The molecule has 3 amide bonds. The van der Waals surface area contributed by atoms with E-state index in [1.54, 1.807) is 17.0 Å². The van der Waals surface area contributed by atoms with Gasteiger partial charge >= 0.3 is 0 Å². The van der Waals surface area contributed by atoms with Gasteiger partial charge in [-0.2, -0.15) is 0 Å². The van der Waals surface area contributed by atoms with Gasteiger partial charge in [0.15, 0.2) is 0 Å². The van der Waals surface area contributed by atoms with Crippen molar-refractivity contribution in [3.63, 3.8) is 0 Å². The summed E-state index contributed by atoms with van der Waals surface area (Å²) in [4.78, 5) is 39.3. The standard InChI is InChI=1S/C27H27N3O3/c31-24(16-18-6-2-1-3-7-18)28-29-26(32)21-14-12-19(13-15-21)17-30-23-11-5-9-20-8-4-10-22(25(20)23)27(30)33/h4-5,8-15,18H,1-3,6-7,16-17H2,(H,28,31)(H,29,32). The molecule has 2 aliphatic rings. The lowest BCUT2D eigenvalue weighted by Gasteiger charge is -2.20. The van der Waals surface area contributed by atoms with Crippen molar-refractivity contribution in [2.45, 2.75) is 45.1 Å². The summed E-state index contributed by atoms with van der Waals surface area (Å²) in [6, 6.07) is 18.8. The zero-order valence-corrected chi connectivity index (χ0v) is 18.5. The number of nitrogens with one attached hydrogen (secondary N) is 2. The van der Waals surface area contributed by atoms with Crippen LogP contribution in [0, 0.1) is 5.92 Å². The summed E-state index contributed by atoms with van der Waals surface area (Å²) in [7, 11) is 0. The second kappa shape index (κ2) is 9.06. The third-order valence-corrected chi connectivity index (χ3v) is 6.72. The second-order valence-corrected chi connectivity index (χ2v) is 8.98. The zero-order valence-electron chi connectivity index (χ0n) is 18.5. The molecule has 5 rings (SSSR count). The monoisotopic (exact) mass is 441 g/mol. The molecule has 168 valence electrons. The minimum atomic E-state index is -0.354. The van der Waals surface area contributed by atoms with Crippen LogP contribution in [0.3, 0.4) is 0 Å². The highest BCUT2D eigenvalue weighted by Crippen LogP contribution is 2.38. The Morgan fingerprint density at radius 1 is 0.879 bits per heavy atom. The molecule has 0 saturated heterocycles. The van der Waals surface area contributed by atoms with Crippen LogP contribution >= 0.6 is 0 Å². The minimum absolute atomic E-state index is 0.00991. The van der Waals surface area contributed by atoms with Gasteiger partial charge in [-0.1, -0.05) is 55.7 Å². The SMILES string of the molecule is O=C(CC1CCCCC1)NNC(=O)c1ccc(CN2C(=O)c3cccc4cccc2c34)cc1. The van der Waals surface area contributed by atoms with Crippen LogP contribution in [-0.4, -0.2) is 17.7 Å². The quantitative estimate of drug-likeness (QED) is 0.562. The largest absolute Gasteiger partial charge is 0.303 e. The number of nitrogens with zero attached hydrogens (tertiary/aromatic N) is 1. The Bertz CT molecular complexity index is 1210. The summed E-state index contributed by atoms with van der Waals surface area (Å²) in [5.74, 6) is -0.0920. The summed E-state index contributed by atoms with van der Waals surface area (Å²) < 4.78 is 0. The highest BCUT2D eigenvalue weighted by molar-refractivity contribution is 6.24. The lowest BCUT2D eigenvalue weighted by molar-refractivity contribution is -0.123. The minimum Gasteiger partial charge on any atom is -0.303 e. The zero-order chi connectivity index (χ0) is 22.8. The summed E-state index contributed by atoms with van der Waals surface area (Å²) in [6.07, 6.45) is 6.24. The molecule has 1 saturated carbocycles. The van der Waals surface area contributed by atoms with Crippen molar-refractivity contribution < 1.29 is 14.4 Å². The van der Waals surface area contributed by atoms with Crippen LogP contribution in [0.25, 0.3) is 10.8 Å². The van der Waals surface area contributed by atoms with Gasteiger partial charge in [0.1, 0.15) is 0 Å². The molecular weight excluding hydrogens is 414 g/mol. The predicted octanol–water partition coefficient (Wildman–Crippen LogP) is 4.73. The lowest BCUT2D eigenvalue weighted by Crippen LogP contribution is -2.42. The van der Waals surface area contributed by atoms with E-state index in [4.69, 9.17) is 0 Å². The third-order valence-electron chi connectivity index (χ3n) is 6.72. The van der Waals surface area contributed by atoms with Crippen molar-refractivity contribution in [2.24, 2.45) is 5.92 Å². The van der Waals surface area contributed by atoms with E-state index in [1.165, 1.54) is 19.3 Å². The normalized spacial score (nSPS) is 15.6. The maximum absolute atomic E-state index is 13.0. The van der Waals surface area contributed by atoms with Gasteiger partial charge in [0.05, 0.1) is 12.2 Å². The molecule has 1 heterocycles. The Balaban J connectivity index is 1.20. The average Bonchev–Trinajstić information content (AvgIpc) is 3.12. The van der Waals surface area contributed by atoms with E-state index in [2.05, 4.69) is 10.9 Å². The molecule has 0 atom stereocenters. The Morgan fingerprint density at radius 3 is 2.36 bits per heavy atom. The number of carbonyl (C=O) groups is 3. The van der Waals surface area contributed by atoms with Gasteiger partial charge in [0.2, 0.25) is 5.91 Å². The van der Waals surface area contributed by atoms with Crippen molar-refractivity contribution >= 4 is 34.2 Å². The number of carbonyl (C=O) groups excluding carboxylic acids is 3. The molecule has 6 nitrogen and oxygen atoms in total. The highest BCUT2D eigenvalue weighted by Gasteiger charge is 2.29. The van der Waals surface area contributed by atoms with E-state index in [9.17, 15) is 14.4 Å². The van der Waals surface area contributed by atoms with Crippen LogP contribution in [0.2, 0.25) is 0 Å². The fraction of sp³-hybridized carbons (Fsp3) is 0.296. The highest BCUT2D eigenvalue weighted by atomic mass is 16.2. The molecule has 1 fully saturated rings. The van der Waals surface area contributed by atoms with E-state index in [-0.39, 0.29) is 17.7 Å². The number of amides is 3. The van der Waals surface area contributed by atoms with Crippen LogP contribution in [-0.2, 0) is 11.3 Å². The van der Waals surface area contributed by atoms with Crippen molar-refractivity contribution in [3.8, 4) is 0 Å². The van der Waals surface area contributed by atoms with E-state index in [1.807, 2.05) is 48.5 Å². The first-order chi connectivity index (χ1) is 16.1. The summed E-state index contributed by atoms with van der Waals surface area (Å²) >= 11 is 0. The molecule has 0 aromatic heterocycles. The Labute approximate surface area is 192 Å². The van der Waals surface area contributed by atoms with E-state index in [0.717, 1.165) is 40.4 Å². The fourth-order valence-electron chi connectivity index (χ4n) is 4.98. The summed E-state index contributed by atoms with van der Waals surface area (Å²) in [5, 5.41) is 2.04. The lowest BCUT2D eigenvalue weighted by atomic mass is 9.87. The van der Waals surface area contributed by atoms with Gasteiger partial charge in [-0.15, -0.1) is 0 Å². The van der Waals surface area contributed by atoms with E-state index < -0.39 is 0 Å². The van der Waals surface area contributed by atoms with Crippen LogP contribution in [0.5, 0.6) is 0 Å². The van der Waals surface area contributed by atoms with Gasteiger partial charge in [0.25, 0.3) is 11.8 Å². The van der Waals surface area contributed by atoms with E-state index in [0.29, 0.717) is 24.4 Å². The van der Waals surface area contributed by atoms with Crippen molar-refractivity contribution in [2.75, 3.05) is 4.90 Å². The first-order valence-corrected chi connectivity index (χ1v) is 11.6. The third kappa shape index (κ3) is 4.33. The van der Waals surface area contributed by atoms with Crippen LogP contribution in [0.15, 0.2) is 60.7 Å². The molecule has 0 radical (unpaired) electrons. The second-order valence-electron chi connectivity index (χ2n) is 8.98. The summed E-state index contributed by atoms with van der Waals surface area (Å²) in [5.41, 5.74) is 8.06. The van der Waals surface area contributed by atoms with Gasteiger partial charge in [-0.3, -0.25) is 25.2 Å². The first kappa shape index (κ1) is 21.2. The predicted molar refractivity (Wildman–Crippen MR) is 128 cm³/mol. The van der Waals surface area contributed by atoms with Crippen LogP contribution in [0.1, 0.15) is 64.8 Å². The maximum atomic E-state index is 13.0. The maximum Gasteiger partial charge on any atom is 0.269 e. The van der Waals surface area contributed by atoms with Crippen LogP contribution < -0.4 is 15.8 Å². The molecule has 6 heteroatoms. The average molecular weight is 442 g/mol. The van der Waals surface area contributed by atoms with Crippen molar-refractivity contribution in [1.82, 2.24) is 10.9 Å². The van der Waals surface area contributed by atoms with Crippen LogP contribution in [0.4, 0.5) is 5.69 Å². The van der Waals surface area contributed by atoms with E-state index >= 15 is 0 Å². The number of hydrazine groups is 1. The molecule has 1 aliphatic carbocycles. The van der Waals surface area contributed by atoms with Crippen molar-refractivity contribution in [3.05, 3.63) is 77.4 Å². The number of rotatable bonds is 5. The molecule has 3 aromatic rings. The molecule has 1 aliphatic heterocycles. The number of benzene rings is 3. The fourth-order valence-corrected chi connectivity index (χ4v) is 4.98.